The van der Waals surface area contributed by atoms with Crippen LogP contribution in [0.5, 0.6) is 0 Å². The number of rotatable bonds is 10. The van der Waals surface area contributed by atoms with Crippen molar-refractivity contribution in [2.24, 2.45) is 17.6 Å². The molecule has 4 heteroatoms. The van der Waals surface area contributed by atoms with Crippen LogP contribution >= 0.6 is 0 Å². The number of Topliss-reactive ketones (excluding diaryl/α,β-unsaturated/α-hetero) is 3. The van der Waals surface area contributed by atoms with E-state index in [9.17, 15) is 14.4 Å². The third kappa shape index (κ3) is 7.33. The Morgan fingerprint density at radius 3 is 2.17 bits per heavy atom. The number of carbonyl (C=O) groups excluding carboxylic acids is 3. The average Bonchev–Trinajstić information content (AvgIpc) is 2.30. The van der Waals surface area contributed by atoms with Crippen LogP contribution in [0.2, 0.25) is 0 Å². The Morgan fingerprint density at radius 2 is 1.72 bits per heavy atom. The van der Waals surface area contributed by atoms with Crippen LogP contribution in [0.15, 0.2) is 0 Å². The van der Waals surface area contributed by atoms with E-state index in [0.29, 0.717) is 25.8 Å². The summed E-state index contributed by atoms with van der Waals surface area (Å²) < 4.78 is 0. The van der Waals surface area contributed by atoms with E-state index in [-0.39, 0.29) is 35.6 Å². The van der Waals surface area contributed by atoms with Gasteiger partial charge in [0.25, 0.3) is 0 Å². The lowest BCUT2D eigenvalue weighted by Crippen LogP contribution is -2.21. The third-order valence-electron chi connectivity index (χ3n) is 3.26. The summed E-state index contributed by atoms with van der Waals surface area (Å²) >= 11 is 0. The van der Waals surface area contributed by atoms with Gasteiger partial charge in [-0.2, -0.15) is 0 Å². The highest BCUT2D eigenvalue weighted by Gasteiger charge is 2.21. The predicted octanol–water partition coefficient (Wildman–Crippen LogP) is 1.89. The highest BCUT2D eigenvalue weighted by Crippen LogP contribution is 2.18. The maximum atomic E-state index is 11.9. The molecular formula is C14H25NO3. The van der Waals surface area contributed by atoms with Gasteiger partial charge in [-0.1, -0.05) is 6.92 Å². The quantitative estimate of drug-likeness (QED) is 0.646. The van der Waals surface area contributed by atoms with E-state index < -0.39 is 0 Å². The summed E-state index contributed by atoms with van der Waals surface area (Å²) in [5, 5.41) is 0. The summed E-state index contributed by atoms with van der Waals surface area (Å²) in [6, 6.07) is 0. The van der Waals surface area contributed by atoms with E-state index in [1.165, 1.54) is 13.8 Å². The van der Waals surface area contributed by atoms with Crippen molar-refractivity contribution in [3.63, 3.8) is 0 Å². The van der Waals surface area contributed by atoms with Crippen LogP contribution in [0.25, 0.3) is 0 Å². The number of ketones is 3. The molecule has 2 N–H and O–H groups in total. The average molecular weight is 255 g/mol. The molecule has 2 unspecified atom stereocenters. The predicted molar refractivity (Wildman–Crippen MR) is 71.2 cm³/mol. The van der Waals surface area contributed by atoms with Gasteiger partial charge in [0, 0.05) is 24.7 Å². The minimum atomic E-state index is -0.208. The number of hydrogen-bond acceptors (Lipinski definition) is 4. The molecule has 0 aromatic heterocycles. The van der Waals surface area contributed by atoms with Crippen molar-refractivity contribution in [2.45, 2.75) is 52.9 Å². The largest absolute Gasteiger partial charge is 0.330 e. The van der Waals surface area contributed by atoms with Gasteiger partial charge >= 0.3 is 0 Å². The molecule has 0 radical (unpaired) electrons. The molecule has 0 fully saturated rings. The van der Waals surface area contributed by atoms with Gasteiger partial charge in [0.05, 0.1) is 0 Å². The fourth-order valence-electron chi connectivity index (χ4n) is 1.84. The van der Waals surface area contributed by atoms with Crippen molar-refractivity contribution in [3.8, 4) is 0 Å². The van der Waals surface area contributed by atoms with Crippen LogP contribution in [-0.2, 0) is 14.4 Å². The first kappa shape index (κ1) is 17.0. The fraction of sp³-hybridized carbons (Fsp3) is 0.786. The van der Waals surface area contributed by atoms with E-state index in [2.05, 4.69) is 0 Å². The Labute approximate surface area is 109 Å². The summed E-state index contributed by atoms with van der Waals surface area (Å²) in [5.41, 5.74) is 5.41. The lowest BCUT2D eigenvalue weighted by Gasteiger charge is -2.15. The summed E-state index contributed by atoms with van der Waals surface area (Å²) in [4.78, 5) is 34.2. The fourth-order valence-corrected chi connectivity index (χ4v) is 1.84. The Bertz CT molecular complexity index is 299. The molecule has 18 heavy (non-hydrogen) atoms. The first-order valence-electron chi connectivity index (χ1n) is 6.61. The normalized spacial score (nSPS) is 14.0. The van der Waals surface area contributed by atoms with Gasteiger partial charge in [0.1, 0.15) is 17.3 Å². The minimum Gasteiger partial charge on any atom is -0.330 e. The highest BCUT2D eigenvalue weighted by atomic mass is 16.1. The Hall–Kier alpha value is -1.03. The zero-order valence-corrected chi connectivity index (χ0v) is 11.7. The second-order valence-electron chi connectivity index (χ2n) is 5.05. The summed E-state index contributed by atoms with van der Waals surface area (Å²) in [6.45, 7) is 5.41. The van der Waals surface area contributed by atoms with E-state index in [1.54, 1.807) is 0 Å². The number of carbonyl (C=O) groups is 3. The molecule has 2 atom stereocenters. The lowest BCUT2D eigenvalue weighted by atomic mass is 9.88. The molecule has 0 rings (SSSR count). The van der Waals surface area contributed by atoms with Crippen molar-refractivity contribution in [2.75, 3.05) is 6.54 Å². The van der Waals surface area contributed by atoms with Gasteiger partial charge < -0.3 is 10.5 Å². The lowest BCUT2D eigenvalue weighted by molar-refractivity contribution is -0.129. The zero-order chi connectivity index (χ0) is 14.1. The van der Waals surface area contributed by atoms with Gasteiger partial charge in [0.2, 0.25) is 0 Å². The van der Waals surface area contributed by atoms with Gasteiger partial charge in [-0.25, -0.2) is 0 Å². The van der Waals surface area contributed by atoms with E-state index in [0.717, 1.165) is 6.42 Å². The smallest absolute Gasteiger partial charge is 0.136 e. The molecule has 0 aliphatic heterocycles. The summed E-state index contributed by atoms with van der Waals surface area (Å²) in [7, 11) is 0. The van der Waals surface area contributed by atoms with Crippen molar-refractivity contribution in [3.05, 3.63) is 0 Å². The van der Waals surface area contributed by atoms with Crippen LogP contribution in [0.1, 0.15) is 52.9 Å². The van der Waals surface area contributed by atoms with Crippen LogP contribution in [0, 0.1) is 11.8 Å². The number of nitrogens with two attached hydrogens (primary N) is 1. The topological polar surface area (TPSA) is 77.2 Å². The molecule has 4 nitrogen and oxygen atoms in total. The highest BCUT2D eigenvalue weighted by molar-refractivity contribution is 5.88. The molecule has 0 saturated carbocycles. The second-order valence-corrected chi connectivity index (χ2v) is 5.05. The van der Waals surface area contributed by atoms with Crippen LogP contribution in [-0.4, -0.2) is 23.9 Å². The molecule has 0 heterocycles. The van der Waals surface area contributed by atoms with Crippen LogP contribution in [0.3, 0.4) is 0 Å². The zero-order valence-electron chi connectivity index (χ0n) is 11.7. The van der Waals surface area contributed by atoms with Gasteiger partial charge in [0.15, 0.2) is 0 Å². The number of hydrogen-bond donors (Lipinski definition) is 1. The van der Waals surface area contributed by atoms with E-state index in [1.807, 2.05) is 6.92 Å². The first-order valence-corrected chi connectivity index (χ1v) is 6.61. The third-order valence-corrected chi connectivity index (χ3v) is 3.26. The molecule has 0 aliphatic carbocycles. The van der Waals surface area contributed by atoms with E-state index in [4.69, 9.17) is 5.73 Å². The Morgan fingerprint density at radius 1 is 1.11 bits per heavy atom. The van der Waals surface area contributed by atoms with Crippen molar-refractivity contribution in [1.82, 2.24) is 0 Å². The SMILES string of the molecule is CC(=O)CCC(C)C(=O)CC(CCCN)C(C)=O. The molecule has 0 saturated heterocycles. The second kappa shape index (κ2) is 8.97. The van der Waals surface area contributed by atoms with Crippen molar-refractivity contribution < 1.29 is 14.4 Å². The standard InChI is InChI=1S/C14H25NO3/c1-10(6-7-11(2)16)14(18)9-13(12(3)17)5-4-8-15/h10,13H,4-9,15H2,1-3H3. The monoisotopic (exact) mass is 255 g/mol. The van der Waals surface area contributed by atoms with Gasteiger partial charge in [-0.15, -0.1) is 0 Å². The van der Waals surface area contributed by atoms with Gasteiger partial charge in [-0.05, 0) is 39.7 Å². The maximum absolute atomic E-state index is 11.9. The molecule has 0 aliphatic rings. The van der Waals surface area contributed by atoms with Crippen molar-refractivity contribution in [1.29, 1.82) is 0 Å². The van der Waals surface area contributed by atoms with Crippen LogP contribution in [0.4, 0.5) is 0 Å². The molecular weight excluding hydrogens is 230 g/mol. The molecule has 0 aromatic carbocycles. The van der Waals surface area contributed by atoms with E-state index >= 15 is 0 Å². The Kier molecular flexibility index (Phi) is 8.46. The summed E-state index contributed by atoms with van der Waals surface area (Å²) in [6.07, 6.45) is 2.74. The summed E-state index contributed by atoms with van der Waals surface area (Å²) in [5.74, 6) is -0.126. The molecule has 0 aromatic rings. The Balaban J connectivity index is 4.22. The van der Waals surface area contributed by atoms with Crippen LogP contribution < -0.4 is 5.73 Å². The molecule has 0 bridgehead atoms. The van der Waals surface area contributed by atoms with Gasteiger partial charge in [-0.3, -0.25) is 9.59 Å². The minimum absolute atomic E-state index is 0.0515. The molecule has 0 spiro atoms. The van der Waals surface area contributed by atoms with Crippen molar-refractivity contribution >= 4 is 17.3 Å². The first-order chi connectivity index (χ1) is 8.38. The molecule has 104 valence electrons. The molecule has 0 amide bonds. The maximum Gasteiger partial charge on any atom is 0.136 e.